The summed E-state index contributed by atoms with van der Waals surface area (Å²) in [5, 5.41) is 13.4. The maximum atomic E-state index is 9.24. The number of nitrogens with zero attached hydrogens (tertiary/aromatic N) is 4. The maximum Gasteiger partial charge on any atom is 0.229 e. The van der Waals surface area contributed by atoms with E-state index in [2.05, 4.69) is 21.1 Å². The average molecular weight is 294 g/mol. The summed E-state index contributed by atoms with van der Waals surface area (Å²) in [4.78, 5) is 6.96. The van der Waals surface area contributed by atoms with Gasteiger partial charge in [-0.2, -0.15) is 10.2 Å². The molecule has 1 saturated carbocycles. The molecule has 1 aromatic heterocycles. The smallest absolute Gasteiger partial charge is 0.229 e. The Bertz CT molecular complexity index is 713. The highest BCUT2D eigenvalue weighted by Crippen LogP contribution is 2.40. The van der Waals surface area contributed by atoms with Crippen molar-refractivity contribution in [3.05, 3.63) is 47.1 Å². The Hall–Kier alpha value is -2.19. The molecule has 5 nitrogen and oxygen atoms in total. The van der Waals surface area contributed by atoms with Crippen LogP contribution in [0.5, 0.6) is 0 Å². The standard InChI is InChI=1S/C17H18N4O/c18-10-13-4-1-2-5-14(13)11-21-9-3-6-15(21)16-19-17(22-20-16)12-7-8-12/h1-2,4-5,12,15H,3,6-9,11H2/t15-/m1/s1. The zero-order valence-electron chi connectivity index (χ0n) is 12.4. The first-order chi connectivity index (χ1) is 10.8. The van der Waals surface area contributed by atoms with Gasteiger partial charge in [-0.15, -0.1) is 0 Å². The van der Waals surface area contributed by atoms with E-state index in [0.29, 0.717) is 5.92 Å². The third-order valence-corrected chi connectivity index (χ3v) is 4.56. The molecule has 0 N–H and O–H groups in total. The van der Waals surface area contributed by atoms with Crippen LogP contribution < -0.4 is 0 Å². The number of hydrogen-bond acceptors (Lipinski definition) is 5. The molecule has 2 fully saturated rings. The van der Waals surface area contributed by atoms with E-state index in [0.717, 1.165) is 48.8 Å². The Kier molecular flexibility index (Phi) is 3.39. The Morgan fingerprint density at radius 1 is 1.27 bits per heavy atom. The van der Waals surface area contributed by atoms with Crippen LogP contribution in [0.4, 0.5) is 0 Å². The molecule has 0 radical (unpaired) electrons. The van der Waals surface area contributed by atoms with Crippen LogP contribution in [-0.2, 0) is 6.54 Å². The van der Waals surface area contributed by atoms with E-state index in [-0.39, 0.29) is 6.04 Å². The van der Waals surface area contributed by atoms with Crippen LogP contribution in [0, 0.1) is 11.3 Å². The second kappa shape index (κ2) is 5.54. The minimum atomic E-state index is 0.211. The van der Waals surface area contributed by atoms with Crippen LogP contribution in [0.2, 0.25) is 0 Å². The van der Waals surface area contributed by atoms with Gasteiger partial charge in [-0.1, -0.05) is 23.4 Å². The number of rotatable bonds is 4. The molecule has 4 rings (SSSR count). The molecule has 22 heavy (non-hydrogen) atoms. The van der Waals surface area contributed by atoms with E-state index in [1.807, 2.05) is 24.3 Å². The van der Waals surface area contributed by atoms with E-state index in [1.165, 1.54) is 12.8 Å². The fourth-order valence-electron chi connectivity index (χ4n) is 3.17. The Morgan fingerprint density at radius 3 is 2.95 bits per heavy atom. The average Bonchev–Trinajstić information content (AvgIpc) is 3.10. The summed E-state index contributed by atoms with van der Waals surface area (Å²) >= 11 is 0. The van der Waals surface area contributed by atoms with Gasteiger partial charge in [0.2, 0.25) is 5.89 Å². The quantitative estimate of drug-likeness (QED) is 0.866. The monoisotopic (exact) mass is 294 g/mol. The zero-order valence-corrected chi connectivity index (χ0v) is 12.4. The summed E-state index contributed by atoms with van der Waals surface area (Å²) in [6, 6.07) is 10.3. The molecule has 1 aromatic carbocycles. The highest BCUT2D eigenvalue weighted by molar-refractivity contribution is 5.37. The number of aromatic nitrogens is 2. The van der Waals surface area contributed by atoms with E-state index < -0.39 is 0 Å². The molecule has 2 heterocycles. The van der Waals surface area contributed by atoms with Crippen LogP contribution in [0.15, 0.2) is 28.8 Å². The number of likely N-dealkylation sites (tertiary alicyclic amines) is 1. The molecule has 0 spiro atoms. The number of benzene rings is 1. The predicted molar refractivity (Wildman–Crippen MR) is 79.8 cm³/mol. The molecule has 0 amide bonds. The highest BCUT2D eigenvalue weighted by atomic mass is 16.5. The van der Waals surface area contributed by atoms with Crippen molar-refractivity contribution < 1.29 is 4.52 Å². The molecular weight excluding hydrogens is 276 g/mol. The molecule has 1 aliphatic carbocycles. The highest BCUT2D eigenvalue weighted by Gasteiger charge is 2.34. The predicted octanol–water partition coefficient (Wildman–Crippen LogP) is 3.16. The summed E-state index contributed by atoms with van der Waals surface area (Å²) in [6.07, 6.45) is 4.53. The zero-order chi connectivity index (χ0) is 14.9. The van der Waals surface area contributed by atoms with Crippen molar-refractivity contribution >= 4 is 0 Å². The topological polar surface area (TPSA) is 66.0 Å². The molecule has 112 valence electrons. The molecule has 2 aliphatic rings. The van der Waals surface area contributed by atoms with Gasteiger partial charge in [0.25, 0.3) is 0 Å². The van der Waals surface area contributed by atoms with Crippen molar-refractivity contribution in [2.75, 3.05) is 6.54 Å². The van der Waals surface area contributed by atoms with Gasteiger partial charge < -0.3 is 4.52 Å². The first-order valence-corrected chi connectivity index (χ1v) is 7.90. The first kappa shape index (κ1) is 13.5. The van der Waals surface area contributed by atoms with E-state index in [4.69, 9.17) is 4.52 Å². The second-order valence-corrected chi connectivity index (χ2v) is 6.16. The lowest BCUT2D eigenvalue weighted by Crippen LogP contribution is -2.24. The molecule has 1 atom stereocenters. The molecule has 5 heteroatoms. The Morgan fingerprint density at radius 2 is 2.14 bits per heavy atom. The van der Waals surface area contributed by atoms with Gasteiger partial charge in [0.1, 0.15) is 0 Å². The third kappa shape index (κ3) is 2.51. The SMILES string of the molecule is N#Cc1ccccc1CN1CCC[C@@H]1c1noc(C2CC2)n1. The number of hydrogen-bond donors (Lipinski definition) is 0. The van der Waals surface area contributed by atoms with Crippen LogP contribution in [0.25, 0.3) is 0 Å². The largest absolute Gasteiger partial charge is 0.339 e. The van der Waals surface area contributed by atoms with Gasteiger partial charge in [0, 0.05) is 12.5 Å². The fourth-order valence-corrected chi connectivity index (χ4v) is 3.17. The van der Waals surface area contributed by atoms with Crippen LogP contribution >= 0.6 is 0 Å². The normalized spacial score (nSPS) is 21.9. The molecule has 1 saturated heterocycles. The molecule has 2 aromatic rings. The minimum Gasteiger partial charge on any atom is -0.339 e. The van der Waals surface area contributed by atoms with Crippen molar-refractivity contribution in [3.63, 3.8) is 0 Å². The van der Waals surface area contributed by atoms with Crippen molar-refractivity contribution in [3.8, 4) is 6.07 Å². The number of nitriles is 1. The van der Waals surface area contributed by atoms with Gasteiger partial charge in [-0.3, -0.25) is 4.90 Å². The summed E-state index contributed by atoms with van der Waals surface area (Å²) in [7, 11) is 0. The lowest BCUT2D eigenvalue weighted by molar-refractivity contribution is 0.234. The van der Waals surface area contributed by atoms with Gasteiger partial charge in [-0.25, -0.2) is 0 Å². The van der Waals surface area contributed by atoms with Gasteiger partial charge in [0.05, 0.1) is 17.7 Å². The molecule has 1 aliphatic heterocycles. The molecular formula is C17H18N4O. The summed E-state index contributed by atoms with van der Waals surface area (Å²) < 4.78 is 5.40. The van der Waals surface area contributed by atoms with E-state index in [9.17, 15) is 5.26 Å². The van der Waals surface area contributed by atoms with Crippen molar-refractivity contribution in [1.29, 1.82) is 5.26 Å². The van der Waals surface area contributed by atoms with Crippen LogP contribution in [-0.4, -0.2) is 21.6 Å². The van der Waals surface area contributed by atoms with Gasteiger partial charge in [-0.05, 0) is 43.9 Å². The van der Waals surface area contributed by atoms with Crippen molar-refractivity contribution in [1.82, 2.24) is 15.0 Å². The summed E-state index contributed by atoms with van der Waals surface area (Å²) in [6.45, 7) is 1.78. The lowest BCUT2D eigenvalue weighted by Gasteiger charge is -2.22. The Labute approximate surface area is 129 Å². The van der Waals surface area contributed by atoms with Crippen LogP contribution in [0.1, 0.15) is 60.5 Å². The van der Waals surface area contributed by atoms with E-state index >= 15 is 0 Å². The van der Waals surface area contributed by atoms with Crippen molar-refractivity contribution in [2.45, 2.75) is 44.2 Å². The van der Waals surface area contributed by atoms with Gasteiger partial charge >= 0.3 is 0 Å². The summed E-state index contributed by atoms with van der Waals surface area (Å²) in [5.74, 6) is 2.11. The lowest BCUT2D eigenvalue weighted by atomic mass is 10.1. The minimum absolute atomic E-state index is 0.211. The molecule has 0 unspecified atom stereocenters. The third-order valence-electron chi connectivity index (χ3n) is 4.56. The fraction of sp³-hybridized carbons (Fsp3) is 0.471. The van der Waals surface area contributed by atoms with Crippen molar-refractivity contribution in [2.24, 2.45) is 0 Å². The summed E-state index contributed by atoms with van der Waals surface area (Å²) in [5.41, 5.74) is 1.82. The van der Waals surface area contributed by atoms with Crippen LogP contribution in [0.3, 0.4) is 0 Å². The second-order valence-electron chi connectivity index (χ2n) is 6.16. The van der Waals surface area contributed by atoms with Gasteiger partial charge in [0.15, 0.2) is 5.82 Å². The first-order valence-electron chi connectivity index (χ1n) is 7.90. The van der Waals surface area contributed by atoms with E-state index in [1.54, 1.807) is 0 Å². The maximum absolute atomic E-state index is 9.24. The Balaban J connectivity index is 1.54. The molecule has 0 bridgehead atoms.